The van der Waals surface area contributed by atoms with E-state index in [0.29, 0.717) is 5.56 Å². The van der Waals surface area contributed by atoms with Crippen LogP contribution in [0.5, 0.6) is 17.2 Å². The second-order valence-corrected chi connectivity index (χ2v) is 9.64. The number of aliphatic hydroxyl groups is 2. The van der Waals surface area contributed by atoms with Gasteiger partial charge in [0.05, 0.1) is 48.3 Å². The number of fused-ring (bicyclic) bond motifs is 4. The predicted octanol–water partition coefficient (Wildman–Crippen LogP) is 0.720. The standard InChI is InChI=1S/C29H24N2O8/c1-13(32)28-19-8-6-4-5-7-9-20(34)29(28,39-28)16-11-17(33)22-23(24(16)31-19)25(35)14-10-18(37-2)15(12-30)27(38-3)21(14)26(22)36/h4-5,10-11,13,19-20,31-34H,12,30H2,1-3H3/b5-4-/t13-,19+,20-,28+,29+/m1/s1. The molecule has 4 aliphatic rings. The molecule has 0 spiro atoms. The van der Waals surface area contributed by atoms with Gasteiger partial charge in [0.15, 0.2) is 23.1 Å². The molecule has 1 saturated heterocycles. The average molecular weight is 529 g/mol. The van der Waals surface area contributed by atoms with Crippen molar-refractivity contribution in [1.82, 2.24) is 0 Å². The highest BCUT2D eigenvalue weighted by Crippen LogP contribution is 2.67. The molecule has 5 atom stereocenters. The first kappa shape index (κ1) is 25.0. The maximum atomic E-state index is 14.1. The average Bonchev–Trinajstić information content (AvgIpc) is 3.65. The Morgan fingerprint density at radius 2 is 1.82 bits per heavy atom. The Hall–Kier alpha value is -4.32. The summed E-state index contributed by atoms with van der Waals surface area (Å²) in [5.74, 6) is 9.82. The number of rotatable bonds is 4. The molecule has 10 heteroatoms. The molecular formula is C29H24N2O8. The number of benzene rings is 2. The summed E-state index contributed by atoms with van der Waals surface area (Å²) in [6.07, 6.45) is 0.358. The number of phenolic OH excluding ortho intramolecular Hbond substituents is 1. The number of nitrogens with two attached hydrogens (primary N) is 1. The lowest BCUT2D eigenvalue weighted by atomic mass is 9.69. The smallest absolute Gasteiger partial charge is 0.202 e. The molecule has 2 aromatic carbocycles. The number of carbonyl (C=O) groups excluding carboxylic acids is 2. The second kappa shape index (κ2) is 8.34. The number of anilines is 1. The molecule has 2 bridgehead atoms. The van der Waals surface area contributed by atoms with Crippen LogP contribution in [0.15, 0.2) is 24.3 Å². The molecule has 39 heavy (non-hydrogen) atoms. The van der Waals surface area contributed by atoms with Crippen molar-refractivity contribution in [2.24, 2.45) is 5.73 Å². The van der Waals surface area contributed by atoms with E-state index in [1.165, 1.54) is 45.4 Å². The maximum Gasteiger partial charge on any atom is 0.202 e. The zero-order chi connectivity index (χ0) is 27.9. The molecule has 0 amide bonds. The molecule has 6 N–H and O–H groups in total. The number of ether oxygens (including phenoxy) is 3. The van der Waals surface area contributed by atoms with Gasteiger partial charge in [-0.2, -0.15) is 0 Å². The molecule has 2 aromatic rings. The minimum atomic E-state index is -1.64. The lowest BCUT2D eigenvalue weighted by molar-refractivity contribution is 0.0867. The molecule has 1 fully saturated rings. The number of aromatic hydroxyl groups is 1. The van der Waals surface area contributed by atoms with E-state index < -0.39 is 46.8 Å². The van der Waals surface area contributed by atoms with Crippen molar-refractivity contribution in [1.29, 1.82) is 0 Å². The van der Waals surface area contributed by atoms with Crippen molar-refractivity contribution in [3.63, 3.8) is 0 Å². The molecule has 2 aliphatic heterocycles. The van der Waals surface area contributed by atoms with E-state index in [-0.39, 0.29) is 51.5 Å². The Morgan fingerprint density at radius 3 is 2.46 bits per heavy atom. The molecule has 6 rings (SSSR count). The van der Waals surface area contributed by atoms with Gasteiger partial charge in [-0.15, -0.1) is 0 Å². The van der Waals surface area contributed by atoms with E-state index in [0.717, 1.165) is 0 Å². The van der Waals surface area contributed by atoms with Gasteiger partial charge in [0.2, 0.25) is 5.78 Å². The zero-order valence-corrected chi connectivity index (χ0v) is 21.2. The van der Waals surface area contributed by atoms with Gasteiger partial charge < -0.3 is 40.6 Å². The Morgan fingerprint density at radius 1 is 1.10 bits per heavy atom. The number of hydrogen-bond acceptors (Lipinski definition) is 10. The third-order valence-electron chi connectivity index (χ3n) is 7.89. The lowest BCUT2D eigenvalue weighted by Crippen LogP contribution is -2.54. The fourth-order valence-electron chi connectivity index (χ4n) is 6.18. The molecule has 0 aromatic heterocycles. The van der Waals surface area contributed by atoms with Crippen LogP contribution < -0.4 is 20.5 Å². The summed E-state index contributed by atoms with van der Waals surface area (Å²) in [4.78, 5) is 28.1. The maximum absolute atomic E-state index is 14.1. The molecular weight excluding hydrogens is 504 g/mol. The van der Waals surface area contributed by atoms with Crippen LogP contribution in [0.1, 0.15) is 49.9 Å². The fourth-order valence-corrected chi connectivity index (χ4v) is 6.18. The van der Waals surface area contributed by atoms with Gasteiger partial charge in [0, 0.05) is 17.7 Å². The Balaban J connectivity index is 1.67. The number of ketones is 2. The molecule has 2 heterocycles. The number of carbonyl (C=O) groups is 2. The van der Waals surface area contributed by atoms with Gasteiger partial charge in [-0.25, -0.2) is 0 Å². The first-order valence-corrected chi connectivity index (χ1v) is 12.2. The minimum absolute atomic E-state index is 0.00171. The van der Waals surface area contributed by atoms with Crippen molar-refractivity contribution in [2.45, 2.75) is 42.9 Å². The van der Waals surface area contributed by atoms with Crippen molar-refractivity contribution in [2.75, 3.05) is 19.5 Å². The van der Waals surface area contributed by atoms with Gasteiger partial charge in [-0.3, -0.25) is 9.59 Å². The van der Waals surface area contributed by atoms with E-state index in [1.54, 1.807) is 0 Å². The number of methoxy groups -OCH3 is 2. The predicted molar refractivity (Wildman–Crippen MR) is 138 cm³/mol. The summed E-state index contributed by atoms with van der Waals surface area (Å²) in [5.41, 5.74) is 3.11. The summed E-state index contributed by atoms with van der Waals surface area (Å²) in [5, 5.41) is 36.5. The number of hydrogen-bond donors (Lipinski definition) is 5. The molecule has 10 nitrogen and oxygen atoms in total. The Labute approximate surface area is 223 Å². The first-order chi connectivity index (χ1) is 18.7. The van der Waals surface area contributed by atoms with Gasteiger partial charge in [0.25, 0.3) is 0 Å². The molecule has 198 valence electrons. The zero-order valence-electron chi connectivity index (χ0n) is 21.2. The largest absolute Gasteiger partial charge is 0.507 e. The van der Waals surface area contributed by atoms with Crippen molar-refractivity contribution < 1.29 is 39.1 Å². The van der Waals surface area contributed by atoms with Crippen LogP contribution in [-0.4, -0.2) is 65.0 Å². The van der Waals surface area contributed by atoms with Gasteiger partial charge >= 0.3 is 0 Å². The molecule has 0 unspecified atom stereocenters. The fraction of sp³-hybridized carbons (Fsp3) is 0.310. The van der Waals surface area contributed by atoms with E-state index in [9.17, 15) is 24.9 Å². The number of nitrogens with one attached hydrogen (secondary N) is 1. The molecule has 0 radical (unpaired) electrons. The SMILES string of the molecule is COc1cc2c(c(OC)c1CN)C(=O)c1c(O)cc3c(c1C2=O)N[C@H]1C#C/C=C\C#C[C@@H](O)[C@@]32O[C@@]12[C@@H](C)O. The molecule has 0 saturated carbocycles. The van der Waals surface area contributed by atoms with Crippen molar-refractivity contribution in [3.8, 4) is 40.9 Å². The topological polar surface area (TPSA) is 164 Å². The van der Waals surface area contributed by atoms with Gasteiger partial charge in [-0.1, -0.05) is 23.7 Å². The van der Waals surface area contributed by atoms with Crippen molar-refractivity contribution >= 4 is 17.3 Å². The summed E-state index contributed by atoms with van der Waals surface area (Å²) in [6.45, 7) is 1.47. The number of phenols is 1. The quantitative estimate of drug-likeness (QED) is 0.185. The Kier molecular flexibility index (Phi) is 5.34. The van der Waals surface area contributed by atoms with Gasteiger partial charge in [-0.05, 0) is 31.2 Å². The van der Waals surface area contributed by atoms with Crippen LogP contribution in [0.25, 0.3) is 0 Å². The van der Waals surface area contributed by atoms with Crippen molar-refractivity contribution in [3.05, 3.63) is 57.7 Å². The number of allylic oxidation sites excluding steroid dienone is 2. The van der Waals surface area contributed by atoms with E-state index in [4.69, 9.17) is 19.9 Å². The third-order valence-corrected chi connectivity index (χ3v) is 7.89. The van der Waals surface area contributed by atoms with Crippen LogP contribution in [0.4, 0.5) is 5.69 Å². The highest BCUT2D eigenvalue weighted by Gasteiger charge is 2.82. The van der Waals surface area contributed by atoms with E-state index >= 15 is 0 Å². The summed E-state index contributed by atoms with van der Waals surface area (Å²) < 4.78 is 17.1. The molecule has 2 aliphatic carbocycles. The number of aliphatic hydroxyl groups excluding tert-OH is 2. The summed E-state index contributed by atoms with van der Waals surface area (Å²) in [7, 11) is 2.76. The monoisotopic (exact) mass is 528 g/mol. The van der Waals surface area contributed by atoms with E-state index in [2.05, 4.69) is 29.0 Å². The van der Waals surface area contributed by atoms with Crippen LogP contribution in [0, 0.1) is 23.7 Å². The van der Waals surface area contributed by atoms with Crippen LogP contribution in [-0.2, 0) is 16.9 Å². The normalized spacial score (nSPS) is 28.5. The number of epoxide rings is 1. The highest BCUT2D eigenvalue weighted by molar-refractivity contribution is 6.32. The summed E-state index contributed by atoms with van der Waals surface area (Å²) in [6, 6.07) is 1.77. The van der Waals surface area contributed by atoms with E-state index in [1.807, 2.05) is 0 Å². The highest BCUT2D eigenvalue weighted by atomic mass is 16.7. The Bertz CT molecular complexity index is 1650. The van der Waals surface area contributed by atoms with Crippen LogP contribution in [0.3, 0.4) is 0 Å². The van der Waals surface area contributed by atoms with Crippen LogP contribution in [0.2, 0.25) is 0 Å². The lowest BCUT2D eigenvalue weighted by Gasteiger charge is -2.37. The third kappa shape index (κ3) is 2.92. The second-order valence-electron chi connectivity index (χ2n) is 9.64. The first-order valence-electron chi connectivity index (χ1n) is 12.2. The van der Waals surface area contributed by atoms with Gasteiger partial charge in [0.1, 0.15) is 23.3 Å². The summed E-state index contributed by atoms with van der Waals surface area (Å²) >= 11 is 0. The minimum Gasteiger partial charge on any atom is -0.507 e. The van der Waals surface area contributed by atoms with Crippen LogP contribution >= 0.6 is 0 Å².